The van der Waals surface area contributed by atoms with Crippen LogP contribution in [0.25, 0.3) is 0 Å². The quantitative estimate of drug-likeness (QED) is 0.723. The van der Waals surface area contributed by atoms with Gasteiger partial charge in [-0.1, -0.05) is 30.5 Å². The average Bonchev–Trinajstić information content (AvgIpc) is 3.44. The van der Waals surface area contributed by atoms with Crippen molar-refractivity contribution in [1.29, 1.82) is 0 Å². The van der Waals surface area contributed by atoms with E-state index in [0.29, 0.717) is 0 Å². The minimum Gasteiger partial charge on any atom is -0.324 e. The largest absolute Gasteiger partial charge is 0.324 e. The van der Waals surface area contributed by atoms with E-state index in [2.05, 4.69) is 10.6 Å². The highest BCUT2D eigenvalue weighted by Gasteiger charge is 2.70. The monoisotopic (exact) mass is 427 g/mol. The first-order chi connectivity index (χ1) is 14.4. The van der Waals surface area contributed by atoms with Gasteiger partial charge in [-0.15, -0.1) is 0 Å². The number of benzene rings is 1. The van der Waals surface area contributed by atoms with Gasteiger partial charge in [0.25, 0.3) is 0 Å². The topological polar surface area (TPSA) is 78.5 Å². The Hall–Kier alpha value is -1.86. The molecule has 4 atom stereocenters. The molecule has 1 saturated carbocycles. The van der Waals surface area contributed by atoms with E-state index in [1.54, 1.807) is 16.7 Å². The van der Waals surface area contributed by atoms with Gasteiger partial charge >= 0.3 is 0 Å². The Morgan fingerprint density at radius 3 is 2.57 bits per heavy atom. The second-order valence-corrected chi connectivity index (χ2v) is 10.3. The van der Waals surface area contributed by atoms with Crippen molar-refractivity contribution in [3.05, 3.63) is 28.8 Å². The number of carbonyl (C=O) groups is 3. The second-order valence-electron chi connectivity index (χ2n) is 9.29. The molecule has 0 bridgehead atoms. The van der Waals surface area contributed by atoms with E-state index < -0.39 is 17.4 Å². The van der Waals surface area contributed by atoms with Crippen molar-refractivity contribution in [2.45, 2.75) is 63.6 Å². The summed E-state index contributed by atoms with van der Waals surface area (Å²) in [6.07, 6.45) is 6.67. The zero-order valence-electron chi connectivity index (χ0n) is 17.8. The summed E-state index contributed by atoms with van der Waals surface area (Å²) in [5.41, 5.74) is 2.52. The van der Waals surface area contributed by atoms with Gasteiger partial charge in [-0.2, -0.15) is 11.8 Å². The van der Waals surface area contributed by atoms with Gasteiger partial charge in [0.1, 0.15) is 5.54 Å². The number of amides is 3. The van der Waals surface area contributed by atoms with Gasteiger partial charge in [0.15, 0.2) is 0 Å². The number of hydrogen-bond donors (Lipinski definition) is 2. The summed E-state index contributed by atoms with van der Waals surface area (Å²) < 4.78 is 0. The molecule has 3 fully saturated rings. The number of nitrogens with zero attached hydrogens (tertiary/aromatic N) is 1. The minimum absolute atomic E-state index is 0.00275. The summed E-state index contributed by atoms with van der Waals surface area (Å²) in [6, 6.07) is 3.87. The second kappa shape index (κ2) is 7.09. The molecule has 3 aliphatic heterocycles. The molecule has 1 aromatic rings. The van der Waals surface area contributed by atoms with E-state index in [0.717, 1.165) is 60.2 Å². The molecule has 3 amide bonds. The van der Waals surface area contributed by atoms with Crippen LogP contribution in [-0.4, -0.2) is 46.7 Å². The van der Waals surface area contributed by atoms with Crippen LogP contribution in [0.2, 0.25) is 0 Å². The van der Waals surface area contributed by atoms with Gasteiger partial charge in [0.2, 0.25) is 17.7 Å². The Morgan fingerprint density at radius 2 is 1.87 bits per heavy atom. The van der Waals surface area contributed by atoms with Crippen molar-refractivity contribution in [3.8, 4) is 0 Å². The standard InChI is InChI=1S/C23H29N3O3S/c1-12-10-13(2)19-15(11-12)23(22(29)24-19)18-17(16(25-23)8-9-30-3)20(27)26(21(18)28)14-6-4-5-7-14/h10-11,14,16-18,25H,4-9H2,1-3H3,(H,24,29)/t16?,17-,18+,23?/m1/s1. The average molecular weight is 428 g/mol. The van der Waals surface area contributed by atoms with Crippen molar-refractivity contribution < 1.29 is 14.4 Å². The molecule has 0 aromatic heterocycles. The molecule has 1 aromatic carbocycles. The van der Waals surface area contributed by atoms with E-state index in [9.17, 15) is 14.4 Å². The third kappa shape index (κ3) is 2.57. The molecule has 1 aliphatic carbocycles. The van der Waals surface area contributed by atoms with Gasteiger partial charge < -0.3 is 5.32 Å². The highest BCUT2D eigenvalue weighted by Crippen LogP contribution is 2.55. The molecule has 2 unspecified atom stereocenters. The van der Waals surface area contributed by atoms with Crippen LogP contribution in [0.15, 0.2) is 12.1 Å². The van der Waals surface area contributed by atoms with Crippen LogP contribution in [0.3, 0.4) is 0 Å². The van der Waals surface area contributed by atoms with Gasteiger partial charge in [0, 0.05) is 23.3 Å². The molecule has 160 valence electrons. The number of rotatable bonds is 4. The maximum Gasteiger partial charge on any atom is 0.250 e. The van der Waals surface area contributed by atoms with Crippen LogP contribution in [0.4, 0.5) is 5.69 Å². The number of anilines is 1. The lowest BCUT2D eigenvalue weighted by Crippen LogP contribution is -2.54. The number of imide groups is 1. The Bertz CT molecular complexity index is 942. The maximum atomic E-state index is 13.8. The Balaban J connectivity index is 1.65. The Morgan fingerprint density at radius 1 is 1.13 bits per heavy atom. The molecule has 2 N–H and O–H groups in total. The van der Waals surface area contributed by atoms with E-state index in [4.69, 9.17) is 0 Å². The third-order valence-corrected chi connectivity index (χ3v) is 8.17. The summed E-state index contributed by atoms with van der Waals surface area (Å²) in [6.45, 7) is 3.99. The fraction of sp³-hybridized carbons (Fsp3) is 0.609. The molecule has 5 rings (SSSR count). The van der Waals surface area contributed by atoms with Gasteiger partial charge in [-0.25, -0.2) is 0 Å². The predicted molar refractivity (Wildman–Crippen MR) is 117 cm³/mol. The van der Waals surface area contributed by atoms with Gasteiger partial charge in [-0.05, 0) is 50.7 Å². The van der Waals surface area contributed by atoms with Crippen LogP contribution >= 0.6 is 11.8 Å². The van der Waals surface area contributed by atoms with Crippen molar-refractivity contribution in [2.75, 3.05) is 17.3 Å². The molecule has 0 radical (unpaired) electrons. The maximum absolute atomic E-state index is 13.8. The fourth-order valence-corrected chi connectivity index (χ4v) is 6.79. The smallest absolute Gasteiger partial charge is 0.250 e. The van der Waals surface area contributed by atoms with Crippen molar-refractivity contribution >= 4 is 35.2 Å². The molecule has 2 saturated heterocycles. The van der Waals surface area contributed by atoms with E-state index in [1.807, 2.05) is 32.2 Å². The van der Waals surface area contributed by atoms with Crippen LogP contribution in [0.5, 0.6) is 0 Å². The number of nitrogens with one attached hydrogen (secondary N) is 2. The molecular formula is C23H29N3O3S. The Kier molecular flexibility index (Phi) is 4.74. The normalized spacial score (nSPS) is 33.0. The third-order valence-electron chi connectivity index (χ3n) is 7.52. The highest BCUT2D eigenvalue weighted by molar-refractivity contribution is 7.98. The molecular weight excluding hydrogens is 398 g/mol. The van der Waals surface area contributed by atoms with Crippen LogP contribution in [0.1, 0.15) is 48.8 Å². The number of hydrogen-bond acceptors (Lipinski definition) is 5. The summed E-state index contributed by atoms with van der Waals surface area (Å²) in [4.78, 5) is 42.4. The molecule has 6 nitrogen and oxygen atoms in total. The molecule has 3 heterocycles. The lowest BCUT2D eigenvalue weighted by Gasteiger charge is -2.31. The first kappa shape index (κ1) is 20.1. The molecule has 7 heteroatoms. The number of aryl methyl sites for hydroxylation is 2. The first-order valence-corrected chi connectivity index (χ1v) is 12.4. The van der Waals surface area contributed by atoms with Crippen LogP contribution in [0, 0.1) is 25.7 Å². The predicted octanol–water partition coefficient (Wildman–Crippen LogP) is 2.72. The minimum atomic E-state index is -1.15. The number of fused-ring (bicyclic) bond motifs is 4. The summed E-state index contributed by atoms with van der Waals surface area (Å²) in [5, 5.41) is 6.59. The Labute approximate surface area is 181 Å². The first-order valence-electron chi connectivity index (χ1n) is 11.0. The van der Waals surface area contributed by atoms with Crippen molar-refractivity contribution in [3.63, 3.8) is 0 Å². The summed E-state index contributed by atoms with van der Waals surface area (Å²) in [7, 11) is 0. The lowest BCUT2D eigenvalue weighted by atomic mass is 9.76. The number of carbonyl (C=O) groups excluding carboxylic acids is 3. The van der Waals surface area contributed by atoms with Crippen LogP contribution < -0.4 is 10.6 Å². The SMILES string of the molecule is CSCCC1NC2(C(=O)Nc3c(C)cc(C)cc32)[C@@H]2C(=O)N(C3CCCC3)C(=O)[C@H]12. The van der Waals surface area contributed by atoms with Crippen molar-refractivity contribution in [1.82, 2.24) is 10.2 Å². The van der Waals surface area contributed by atoms with Crippen molar-refractivity contribution in [2.24, 2.45) is 11.8 Å². The summed E-state index contributed by atoms with van der Waals surface area (Å²) in [5.74, 6) is -0.676. The number of likely N-dealkylation sites (tertiary alicyclic amines) is 1. The van der Waals surface area contributed by atoms with Gasteiger partial charge in [0.05, 0.1) is 11.8 Å². The zero-order valence-corrected chi connectivity index (χ0v) is 18.6. The fourth-order valence-electron chi connectivity index (χ4n) is 6.30. The van der Waals surface area contributed by atoms with E-state index in [1.165, 1.54) is 0 Å². The van der Waals surface area contributed by atoms with Gasteiger partial charge in [-0.3, -0.25) is 24.6 Å². The van der Waals surface area contributed by atoms with Crippen LogP contribution in [-0.2, 0) is 19.9 Å². The molecule has 4 aliphatic rings. The summed E-state index contributed by atoms with van der Waals surface area (Å²) >= 11 is 1.72. The van der Waals surface area contributed by atoms with E-state index >= 15 is 0 Å². The van der Waals surface area contributed by atoms with E-state index in [-0.39, 0.29) is 29.8 Å². The zero-order chi connectivity index (χ0) is 21.2. The lowest BCUT2D eigenvalue weighted by molar-refractivity contribution is -0.145. The molecule has 30 heavy (non-hydrogen) atoms. The molecule has 1 spiro atoms. The number of thioether (sulfide) groups is 1. The highest BCUT2D eigenvalue weighted by atomic mass is 32.2.